The van der Waals surface area contributed by atoms with Crippen LogP contribution in [0.2, 0.25) is 0 Å². The van der Waals surface area contributed by atoms with Gasteiger partial charge in [0.1, 0.15) is 0 Å². The van der Waals surface area contributed by atoms with E-state index < -0.39 is 0 Å². The zero-order valence-electron chi connectivity index (χ0n) is 10.1. The molecule has 1 aliphatic carbocycles. The van der Waals surface area contributed by atoms with Gasteiger partial charge in [0, 0.05) is 11.9 Å². The molecule has 1 aliphatic rings. The SMILES string of the molecule is Cc1cccc(NC(=O)NC=C2CCCC2)c1. The van der Waals surface area contributed by atoms with Gasteiger partial charge in [-0.1, -0.05) is 17.7 Å². The molecule has 3 nitrogen and oxygen atoms in total. The highest BCUT2D eigenvalue weighted by Crippen LogP contribution is 2.22. The van der Waals surface area contributed by atoms with Gasteiger partial charge < -0.3 is 10.6 Å². The lowest BCUT2D eigenvalue weighted by Crippen LogP contribution is -2.24. The first-order chi connectivity index (χ1) is 8.24. The largest absolute Gasteiger partial charge is 0.323 e. The van der Waals surface area contributed by atoms with E-state index >= 15 is 0 Å². The number of amides is 2. The van der Waals surface area contributed by atoms with Gasteiger partial charge in [-0.2, -0.15) is 0 Å². The molecule has 1 aromatic rings. The van der Waals surface area contributed by atoms with E-state index in [9.17, 15) is 4.79 Å². The predicted molar refractivity (Wildman–Crippen MR) is 69.9 cm³/mol. The van der Waals surface area contributed by atoms with E-state index in [0.717, 1.165) is 24.1 Å². The first kappa shape index (κ1) is 11.7. The van der Waals surface area contributed by atoms with Crippen LogP contribution in [0.5, 0.6) is 0 Å². The molecule has 0 heterocycles. The van der Waals surface area contributed by atoms with E-state index in [1.165, 1.54) is 18.4 Å². The maximum atomic E-state index is 11.6. The number of allylic oxidation sites excluding steroid dienone is 1. The molecule has 0 spiro atoms. The summed E-state index contributed by atoms with van der Waals surface area (Å²) in [5.74, 6) is 0. The van der Waals surface area contributed by atoms with Crippen LogP contribution in [0.15, 0.2) is 36.0 Å². The standard InChI is InChI=1S/C14H18N2O/c1-11-5-4-8-13(9-11)16-14(17)15-10-12-6-2-3-7-12/h4-5,8-10H,2-3,6-7H2,1H3,(H2,15,16,17). The monoisotopic (exact) mass is 230 g/mol. The highest BCUT2D eigenvalue weighted by molar-refractivity contribution is 5.89. The summed E-state index contributed by atoms with van der Waals surface area (Å²) in [7, 11) is 0. The fraction of sp³-hybridized carbons (Fsp3) is 0.357. The van der Waals surface area contributed by atoms with Crippen molar-refractivity contribution in [2.75, 3.05) is 5.32 Å². The minimum atomic E-state index is -0.171. The van der Waals surface area contributed by atoms with E-state index in [1.54, 1.807) is 0 Å². The van der Waals surface area contributed by atoms with Crippen LogP contribution < -0.4 is 10.6 Å². The molecule has 0 aliphatic heterocycles. The normalized spacial score (nSPS) is 14.5. The van der Waals surface area contributed by atoms with Crippen molar-refractivity contribution in [3.63, 3.8) is 0 Å². The van der Waals surface area contributed by atoms with E-state index in [0.29, 0.717) is 0 Å². The molecule has 1 fully saturated rings. The number of urea groups is 1. The van der Waals surface area contributed by atoms with Crippen molar-refractivity contribution in [3.05, 3.63) is 41.6 Å². The quantitative estimate of drug-likeness (QED) is 0.801. The van der Waals surface area contributed by atoms with Gasteiger partial charge in [-0.15, -0.1) is 0 Å². The van der Waals surface area contributed by atoms with Gasteiger partial charge in [-0.05, 0) is 50.3 Å². The molecular formula is C14H18N2O. The van der Waals surface area contributed by atoms with Gasteiger partial charge in [0.25, 0.3) is 0 Å². The third-order valence-corrected chi connectivity index (χ3v) is 2.93. The second-order valence-electron chi connectivity index (χ2n) is 4.48. The van der Waals surface area contributed by atoms with Gasteiger partial charge in [0.15, 0.2) is 0 Å². The summed E-state index contributed by atoms with van der Waals surface area (Å²) in [4.78, 5) is 11.6. The number of rotatable bonds is 2. The van der Waals surface area contributed by atoms with Crippen LogP contribution in [-0.4, -0.2) is 6.03 Å². The zero-order valence-corrected chi connectivity index (χ0v) is 10.1. The lowest BCUT2D eigenvalue weighted by atomic mass is 10.2. The number of carbonyl (C=O) groups is 1. The summed E-state index contributed by atoms with van der Waals surface area (Å²) in [6.45, 7) is 2.00. The van der Waals surface area contributed by atoms with E-state index in [1.807, 2.05) is 37.4 Å². The maximum absolute atomic E-state index is 11.6. The zero-order chi connectivity index (χ0) is 12.1. The van der Waals surface area contributed by atoms with E-state index in [-0.39, 0.29) is 6.03 Å². The Hall–Kier alpha value is -1.77. The molecule has 0 saturated heterocycles. The Kier molecular flexibility index (Phi) is 3.81. The first-order valence-electron chi connectivity index (χ1n) is 6.06. The van der Waals surface area contributed by atoms with Gasteiger partial charge in [0.2, 0.25) is 0 Å². The van der Waals surface area contributed by atoms with Crippen molar-refractivity contribution in [3.8, 4) is 0 Å². The molecule has 0 bridgehead atoms. The molecule has 2 N–H and O–H groups in total. The van der Waals surface area contributed by atoms with Gasteiger partial charge in [0.05, 0.1) is 0 Å². The number of hydrogen-bond donors (Lipinski definition) is 2. The minimum Gasteiger partial charge on any atom is -0.314 e. The second-order valence-corrected chi connectivity index (χ2v) is 4.48. The Morgan fingerprint density at radius 2 is 2.06 bits per heavy atom. The van der Waals surface area contributed by atoms with Crippen molar-refractivity contribution in [2.45, 2.75) is 32.6 Å². The number of hydrogen-bond acceptors (Lipinski definition) is 1. The number of benzene rings is 1. The van der Waals surface area contributed by atoms with Gasteiger partial charge in [-0.3, -0.25) is 0 Å². The highest BCUT2D eigenvalue weighted by atomic mass is 16.2. The Morgan fingerprint density at radius 1 is 1.29 bits per heavy atom. The van der Waals surface area contributed by atoms with Crippen molar-refractivity contribution < 1.29 is 4.79 Å². The van der Waals surface area contributed by atoms with E-state index in [4.69, 9.17) is 0 Å². The Balaban J connectivity index is 1.86. The fourth-order valence-corrected chi connectivity index (χ4v) is 2.03. The van der Waals surface area contributed by atoms with Gasteiger partial charge in [-0.25, -0.2) is 4.79 Å². The van der Waals surface area contributed by atoms with Crippen molar-refractivity contribution >= 4 is 11.7 Å². The minimum absolute atomic E-state index is 0.171. The van der Waals surface area contributed by atoms with Crippen molar-refractivity contribution in [2.24, 2.45) is 0 Å². The Bertz CT molecular complexity index is 430. The second kappa shape index (κ2) is 5.53. The summed E-state index contributed by atoms with van der Waals surface area (Å²) in [5, 5.41) is 5.59. The van der Waals surface area contributed by atoms with Gasteiger partial charge >= 0.3 is 6.03 Å². The molecule has 3 heteroatoms. The average Bonchev–Trinajstić information content (AvgIpc) is 2.79. The maximum Gasteiger partial charge on any atom is 0.323 e. The third kappa shape index (κ3) is 3.63. The summed E-state index contributed by atoms with van der Waals surface area (Å²) in [6, 6.07) is 7.59. The molecule has 0 radical (unpaired) electrons. The molecule has 17 heavy (non-hydrogen) atoms. The molecule has 1 aromatic carbocycles. The summed E-state index contributed by atoms with van der Waals surface area (Å²) in [6.07, 6.45) is 6.56. The number of carbonyl (C=O) groups excluding carboxylic acids is 1. The molecule has 0 unspecified atom stereocenters. The van der Waals surface area contributed by atoms with Crippen LogP contribution in [0, 0.1) is 6.92 Å². The molecule has 90 valence electrons. The van der Waals surface area contributed by atoms with Crippen molar-refractivity contribution in [1.29, 1.82) is 0 Å². The average molecular weight is 230 g/mol. The molecule has 1 saturated carbocycles. The Labute approximate surface area is 102 Å². The van der Waals surface area contributed by atoms with E-state index in [2.05, 4.69) is 10.6 Å². The summed E-state index contributed by atoms with van der Waals surface area (Å²) < 4.78 is 0. The molecule has 2 amide bonds. The number of nitrogens with one attached hydrogen (secondary N) is 2. The first-order valence-corrected chi connectivity index (χ1v) is 6.06. The molecule has 2 rings (SSSR count). The highest BCUT2D eigenvalue weighted by Gasteiger charge is 2.06. The lowest BCUT2D eigenvalue weighted by Gasteiger charge is -2.06. The number of anilines is 1. The Morgan fingerprint density at radius 3 is 2.76 bits per heavy atom. The number of aryl methyl sites for hydroxylation is 1. The van der Waals surface area contributed by atoms with Crippen LogP contribution in [-0.2, 0) is 0 Å². The van der Waals surface area contributed by atoms with Crippen LogP contribution in [0.25, 0.3) is 0 Å². The topological polar surface area (TPSA) is 41.1 Å². The lowest BCUT2D eigenvalue weighted by molar-refractivity contribution is 0.255. The van der Waals surface area contributed by atoms with Crippen LogP contribution in [0.3, 0.4) is 0 Å². The molecule has 0 aromatic heterocycles. The molecule has 0 atom stereocenters. The summed E-state index contributed by atoms with van der Waals surface area (Å²) in [5.41, 5.74) is 3.30. The smallest absolute Gasteiger partial charge is 0.314 e. The summed E-state index contributed by atoms with van der Waals surface area (Å²) >= 11 is 0. The predicted octanol–water partition coefficient (Wildman–Crippen LogP) is 3.57. The van der Waals surface area contributed by atoms with Crippen LogP contribution in [0.1, 0.15) is 31.2 Å². The van der Waals surface area contributed by atoms with Crippen molar-refractivity contribution in [1.82, 2.24) is 5.32 Å². The van der Waals surface area contributed by atoms with Crippen LogP contribution in [0.4, 0.5) is 10.5 Å². The molecular weight excluding hydrogens is 212 g/mol. The third-order valence-electron chi connectivity index (χ3n) is 2.93. The fourth-order valence-electron chi connectivity index (χ4n) is 2.03. The van der Waals surface area contributed by atoms with Crippen LogP contribution >= 0.6 is 0 Å².